The van der Waals surface area contributed by atoms with Crippen LogP contribution in [0.2, 0.25) is 0 Å². The maximum atomic E-state index is 13.8. The first-order valence-corrected chi connectivity index (χ1v) is 9.59. The molecular weight excluding hydrogens is 361 g/mol. The largest absolute Gasteiger partial charge is 0.436 e. The van der Waals surface area contributed by atoms with Crippen molar-refractivity contribution in [1.82, 2.24) is 14.8 Å². The normalized spacial score (nSPS) is 17.3. The molecule has 1 unspecified atom stereocenters. The van der Waals surface area contributed by atoms with Crippen LogP contribution in [-0.4, -0.2) is 52.8 Å². The maximum Gasteiger partial charge on any atom is 0.291 e. The van der Waals surface area contributed by atoms with Gasteiger partial charge in [-0.3, -0.25) is 9.59 Å². The van der Waals surface area contributed by atoms with Gasteiger partial charge in [0.2, 0.25) is 11.7 Å². The van der Waals surface area contributed by atoms with Gasteiger partial charge in [-0.1, -0.05) is 18.2 Å². The van der Waals surface area contributed by atoms with Crippen molar-refractivity contribution in [2.75, 3.05) is 20.1 Å². The number of amides is 2. The van der Waals surface area contributed by atoms with Gasteiger partial charge in [-0.25, -0.2) is 9.37 Å². The molecule has 0 saturated carbocycles. The summed E-state index contributed by atoms with van der Waals surface area (Å²) in [7, 11) is 1.76. The highest BCUT2D eigenvalue weighted by Gasteiger charge is 2.28. The minimum Gasteiger partial charge on any atom is -0.436 e. The van der Waals surface area contributed by atoms with Crippen molar-refractivity contribution in [3.63, 3.8) is 0 Å². The number of nitrogens with zero attached hydrogens (tertiary/aromatic N) is 3. The summed E-state index contributed by atoms with van der Waals surface area (Å²) in [4.78, 5) is 33.0. The van der Waals surface area contributed by atoms with E-state index in [1.165, 1.54) is 6.07 Å². The highest BCUT2D eigenvalue weighted by molar-refractivity contribution is 5.92. The Hall–Kier alpha value is -2.70. The van der Waals surface area contributed by atoms with Crippen molar-refractivity contribution in [2.45, 2.75) is 45.6 Å². The Morgan fingerprint density at radius 3 is 2.68 bits per heavy atom. The van der Waals surface area contributed by atoms with E-state index < -0.39 is 0 Å². The van der Waals surface area contributed by atoms with Crippen LogP contribution in [-0.2, 0) is 11.2 Å². The fraction of sp³-hybridized carbons (Fsp3) is 0.476. The summed E-state index contributed by atoms with van der Waals surface area (Å²) in [5.41, 5.74) is 1.00. The number of carbonyl (C=O) groups is 2. The van der Waals surface area contributed by atoms with E-state index >= 15 is 0 Å². The Kier molecular flexibility index (Phi) is 6.11. The fourth-order valence-electron chi connectivity index (χ4n) is 3.68. The molecule has 150 valence electrons. The molecule has 2 heterocycles. The lowest BCUT2D eigenvalue weighted by Crippen LogP contribution is -2.39. The molecule has 0 bridgehead atoms. The predicted octanol–water partition coefficient (Wildman–Crippen LogP) is 3.13. The number of benzene rings is 1. The number of carbonyl (C=O) groups excluding carboxylic acids is 2. The van der Waals surface area contributed by atoms with Gasteiger partial charge in [0, 0.05) is 33.1 Å². The Morgan fingerprint density at radius 2 is 2.00 bits per heavy atom. The molecule has 6 nitrogen and oxygen atoms in total. The van der Waals surface area contributed by atoms with Crippen LogP contribution in [0.25, 0.3) is 0 Å². The van der Waals surface area contributed by atoms with Crippen molar-refractivity contribution in [2.24, 2.45) is 0 Å². The van der Waals surface area contributed by atoms with Crippen LogP contribution in [0, 0.1) is 19.7 Å². The number of oxazole rings is 1. The van der Waals surface area contributed by atoms with E-state index in [1.807, 2.05) is 0 Å². The van der Waals surface area contributed by atoms with Crippen molar-refractivity contribution in [3.8, 4) is 0 Å². The molecular formula is C21H26FN3O3. The lowest BCUT2D eigenvalue weighted by Gasteiger charge is -2.27. The van der Waals surface area contributed by atoms with Crippen molar-refractivity contribution in [3.05, 3.63) is 53.0 Å². The molecule has 0 N–H and O–H groups in total. The second kappa shape index (κ2) is 8.54. The van der Waals surface area contributed by atoms with Gasteiger partial charge in [0.15, 0.2) is 5.89 Å². The second-order valence-corrected chi connectivity index (χ2v) is 7.30. The minimum absolute atomic E-state index is 0.0228. The average Bonchev–Trinajstić information content (AvgIpc) is 2.86. The third-order valence-corrected chi connectivity index (χ3v) is 5.32. The first kappa shape index (κ1) is 20.0. The van der Waals surface area contributed by atoms with Crippen LogP contribution in [0.4, 0.5) is 4.39 Å². The first-order chi connectivity index (χ1) is 13.4. The summed E-state index contributed by atoms with van der Waals surface area (Å²) in [5, 5.41) is 0. The molecule has 28 heavy (non-hydrogen) atoms. The number of hydrogen-bond donors (Lipinski definition) is 0. The average molecular weight is 387 g/mol. The highest BCUT2D eigenvalue weighted by Crippen LogP contribution is 2.20. The van der Waals surface area contributed by atoms with Crippen molar-refractivity contribution in [1.29, 1.82) is 0 Å². The molecule has 1 aromatic heterocycles. The molecule has 1 aromatic carbocycles. The zero-order valence-electron chi connectivity index (χ0n) is 16.6. The van der Waals surface area contributed by atoms with Crippen LogP contribution in [0.1, 0.15) is 47.0 Å². The number of aryl methyl sites for hydroxylation is 2. The minimum atomic E-state index is -0.361. The zero-order chi connectivity index (χ0) is 20.3. The van der Waals surface area contributed by atoms with E-state index in [4.69, 9.17) is 4.42 Å². The molecule has 7 heteroatoms. The number of halogens is 1. The first-order valence-electron chi connectivity index (χ1n) is 9.59. The molecule has 1 fully saturated rings. The molecule has 0 aliphatic carbocycles. The topological polar surface area (TPSA) is 66.7 Å². The summed E-state index contributed by atoms with van der Waals surface area (Å²) in [6.07, 6.45) is 2.31. The quantitative estimate of drug-likeness (QED) is 0.808. The van der Waals surface area contributed by atoms with E-state index in [-0.39, 0.29) is 30.1 Å². The second-order valence-electron chi connectivity index (χ2n) is 7.30. The predicted molar refractivity (Wildman–Crippen MR) is 102 cm³/mol. The standard InChI is InChI=1S/C21H26FN3O3/c1-14-20(28-15(2)23-14)21(27)25-11-6-8-17(10-12-25)24(3)19(26)13-16-7-4-5-9-18(16)22/h4-5,7,9,17H,6,8,10-13H2,1-3H3. The van der Waals surface area contributed by atoms with Gasteiger partial charge in [0.05, 0.1) is 12.1 Å². The third kappa shape index (κ3) is 4.40. The molecule has 0 spiro atoms. The summed E-state index contributed by atoms with van der Waals surface area (Å²) >= 11 is 0. The molecule has 1 aliphatic heterocycles. The summed E-state index contributed by atoms with van der Waals surface area (Å²) in [5.74, 6) is 0.141. The molecule has 2 aromatic rings. The number of aromatic nitrogens is 1. The lowest BCUT2D eigenvalue weighted by atomic mass is 10.1. The number of likely N-dealkylation sites (tertiary alicyclic amines) is 1. The molecule has 2 amide bonds. The van der Waals surface area contributed by atoms with Gasteiger partial charge < -0.3 is 14.2 Å². The van der Waals surface area contributed by atoms with Gasteiger partial charge in [0.25, 0.3) is 5.91 Å². The van der Waals surface area contributed by atoms with Gasteiger partial charge in [-0.2, -0.15) is 0 Å². The zero-order valence-corrected chi connectivity index (χ0v) is 16.6. The van der Waals surface area contributed by atoms with Crippen LogP contribution in [0.15, 0.2) is 28.7 Å². The van der Waals surface area contributed by atoms with Gasteiger partial charge in [-0.05, 0) is 37.8 Å². The van der Waals surface area contributed by atoms with Crippen molar-refractivity contribution >= 4 is 11.8 Å². The van der Waals surface area contributed by atoms with Crippen LogP contribution < -0.4 is 0 Å². The molecule has 1 atom stereocenters. The van der Waals surface area contributed by atoms with Crippen LogP contribution >= 0.6 is 0 Å². The molecule has 3 rings (SSSR count). The van der Waals surface area contributed by atoms with E-state index in [2.05, 4.69) is 4.98 Å². The smallest absolute Gasteiger partial charge is 0.291 e. The Labute approximate surface area is 164 Å². The van der Waals surface area contributed by atoms with Crippen molar-refractivity contribution < 1.29 is 18.4 Å². The molecule has 1 saturated heterocycles. The highest BCUT2D eigenvalue weighted by atomic mass is 19.1. The Balaban J connectivity index is 1.61. The third-order valence-electron chi connectivity index (χ3n) is 5.32. The van der Waals surface area contributed by atoms with E-state index in [0.717, 1.165) is 12.8 Å². The number of rotatable bonds is 4. The Morgan fingerprint density at radius 1 is 1.25 bits per heavy atom. The van der Waals surface area contributed by atoms with Gasteiger partial charge >= 0.3 is 0 Å². The summed E-state index contributed by atoms with van der Waals surface area (Å²) in [6.45, 7) is 4.64. The van der Waals surface area contributed by atoms with E-state index in [1.54, 1.807) is 48.9 Å². The number of hydrogen-bond acceptors (Lipinski definition) is 4. The molecule has 1 aliphatic rings. The van der Waals surface area contributed by atoms with Crippen LogP contribution in [0.5, 0.6) is 0 Å². The summed E-state index contributed by atoms with van der Waals surface area (Å²) < 4.78 is 19.3. The lowest BCUT2D eigenvalue weighted by molar-refractivity contribution is -0.131. The Bertz CT molecular complexity index is 864. The number of likely N-dealkylation sites (N-methyl/N-ethyl adjacent to an activating group) is 1. The van der Waals surface area contributed by atoms with Gasteiger partial charge in [0.1, 0.15) is 5.82 Å². The van der Waals surface area contributed by atoms with E-state index in [0.29, 0.717) is 42.4 Å². The van der Waals surface area contributed by atoms with Gasteiger partial charge in [-0.15, -0.1) is 0 Å². The molecule has 0 radical (unpaired) electrons. The monoisotopic (exact) mass is 387 g/mol. The van der Waals surface area contributed by atoms with Crippen LogP contribution in [0.3, 0.4) is 0 Å². The fourth-order valence-corrected chi connectivity index (χ4v) is 3.68. The maximum absolute atomic E-state index is 13.8. The SMILES string of the molecule is Cc1nc(C)c(C(=O)N2CCCC(N(C)C(=O)Cc3ccccc3F)CC2)o1. The summed E-state index contributed by atoms with van der Waals surface area (Å²) in [6, 6.07) is 6.37. The van der Waals surface area contributed by atoms with E-state index in [9.17, 15) is 14.0 Å².